The lowest BCUT2D eigenvalue weighted by Gasteiger charge is -2.16. The number of aryl methyl sites for hydroxylation is 2. The summed E-state index contributed by atoms with van der Waals surface area (Å²) in [6.45, 7) is 3.65. The molecule has 3 aromatic rings. The molecule has 0 saturated heterocycles. The van der Waals surface area contributed by atoms with Crippen LogP contribution in [0, 0.1) is 25.2 Å². The van der Waals surface area contributed by atoms with Crippen LogP contribution in [-0.4, -0.2) is 19.6 Å². The first kappa shape index (κ1) is 23.8. The standard InChI is InChI=1S/C19H16F3N2O6PS/c1-11-5-14-7-18(29-17(14)6-12(11)2)32(27,28)24-10-31(25,26)30-15-4-3-13(9-23)16(8-15)19(20,21)22/h3-8,24H,10H2,1-2H3,(H,25,26). The highest BCUT2D eigenvalue weighted by atomic mass is 32.2. The molecule has 0 fully saturated rings. The monoisotopic (exact) mass is 488 g/mol. The van der Waals surface area contributed by atoms with E-state index in [0.29, 0.717) is 17.0 Å². The summed E-state index contributed by atoms with van der Waals surface area (Å²) >= 11 is 0. The third-order valence-electron chi connectivity index (χ3n) is 4.49. The van der Waals surface area contributed by atoms with Crippen molar-refractivity contribution in [3.05, 3.63) is 58.7 Å². The van der Waals surface area contributed by atoms with E-state index in [4.69, 9.17) is 14.2 Å². The Hall–Kier alpha value is -2.84. The van der Waals surface area contributed by atoms with E-state index < -0.39 is 52.0 Å². The molecule has 13 heteroatoms. The summed E-state index contributed by atoms with van der Waals surface area (Å²) in [5.74, 6) is -0.656. The van der Waals surface area contributed by atoms with Crippen molar-refractivity contribution < 1.29 is 40.0 Å². The van der Waals surface area contributed by atoms with Gasteiger partial charge in [-0.05, 0) is 55.3 Å². The first-order valence-corrected chi connectivity index (χ1v) is 12.1. The van der Waals surface area contributed by atoms with Crippen LogP contribution in [0.4, 0.5) is 13.2 Å². The van der Waals surface area contributed by atoms with E-state index in [1.807, 2.05) is 18.6 Å². The third-order valence-corrected chi connectivity index (χ3v) is 7.02. The fraction of sp³-hybridized carbons (Fsp3) is 0.211. The molecule has 1 atom stereocenters. The molecule has 1 unspecified atom stereocenters. The zero-order chi connectivity index (χ0) is 23.9. The molecule has 0 spiro atoms. The average Bonchev–Trinajstić information content (AvgIpc) is 3.10. The highest BCUT2D eigenvalue weighted by molar-refractivity contribution is 7.89. The largest absolute Gasteiger partial charge is 0.443 e. The molecule has 3 rings (SSSR count). The van der Waals surface area contributed by atoms with Crippen molar-refractivity contribution in [1.29, 1.82) is 5.26 Å². The number of nitrogens with one attached hydrogen (secondary N) is 1. The van der Waals surface area contributed by atoms with Crippen molar-refractivity contribution in [1.82, 2.24) is 4.72 Å². The molecule has 0 amide bonds. The maximum Gasteiger partial charge on any atom is 0.417 e. The third kappa shape index (κ3) is 5.14. The fourth-order valence-electron chi connectivity index (χ4n) is 2.76. The van der Waals surface area contributed by atoms with Gasteiger partial charge in [-0.1, -0.05) is 0 Å². The zero-order valence-electron chi connectivity index (χ0n) is 16.6. The van der Waals surface area contributed by atoms with Gasteiger partial charge < -0.3 is 13.8 Å². The van der Waals surface area contributed by atoms with E-state index in [9.17, 15) is 31.0 Å². The van der Waals surface area contributed by atoms with E-state index >= 15 is 0 Å². The van der Waals surface area contributed by atoms with Crippen molar-refractivity contribution in [2.45, 2.75) is 25.1 Å². The first-order valence-electron chi connectivity index (χ1n) is 8.85. The number of hydrogen-bond acceptors (Lipinski definition) is 6. The smallest absolute Gasteiger partial charge is 0.417 e. The minimum Gasteiger partial charge on any atom is -0.443 e. The van der Waals surface area contributed by atoms with Gasteiger partial charge in [-0.3, -0.25) is 0 Å². The quantitative estimate of drug-likeness (QED) is 0.491. The van der Waals surface area contributed by atoms with Crippen LogP contribution in [0.3, 0.4) is 0 Å². The number of nitrogens with zero attached hydrogens (tertiary/aromatic N) is 1. The second-order valence-electron chi connectivity index (χ2n) is 6.89. The summed E-state index contributed by atoms with van der Waals surface area (Å²) in [5.41, 5.74) is 0.0237. The average molecular weight is 488 g/mol. The summed E-state index contributed by atoms with van der Waals surface area (Å²) in [6.07, 6.45) is -6.03. The number of fused-ring (bicyclic) bond motifs is 1. The fourth-order valence-corrected chi connectivity index (χ4v) is 5.22. The number of nitriles is 1. The van der Waals surface area contributed by atoms with Crippen molar-refractivity contribution in [3.8, 4) is 11.8 Å². The highest BCUT2D eigenvalue weighted by Gasteiger charge is 2.35. The lowest BCUT2D eigenvalue weighted by Crippen LogP contribution is -2.25. The van der Waals surface area contributed by atoms with Crippen LogP contribution in [0.5, 0.6) is 5.75 Å². The van der Waals surface area contributed by atoms with Gasteiger partial charge in [0, 0.05) is 11.5 Å². The van der Waals surface area contributed by atoms with Crippen molar-refractivity contribution >= 4 is 28.6 Å². The van der Waals surface area contributed by atoms with Gasteiger partial charge >= 0.3 is 13.8 Å². The molecular formula is C19H16F3N2O6PS. The van der Waals surface area contributed by atoms with Crippen molar-refractivity contribution in [2.24, 2.45) is 0 Å². The van der Waals surface area contributed by atoms with E-state index in [0.717, 1.165) is 23.3 Å². The number of alkyl halides is 3. The van der Waals surface area contributed by atoms with Crippen LogP contribution in [0.25, 0.3) is 11.0 Å². The summed E-state index contributed by atoms with van der Waals surface area (Å²) in [7, 11) is -9.13. The van der Waals surface area contributed by atoms with Crippen LogP contribution < -0.4 is 9.25 Å². The van der Waals surface area contributed by atoms with Gasteiger partial charge in [0.1, 0.15) is 17.6 Å². The van der Waals surface area contributed by atoms with E-state index in [1.54, 1.807) is 12.1 Å². The number of halogens is 3. The van der Waals surface area contributed by atoms with Crippen LogP contribution in [-0.2, 0) is 20.8 Å². The molecule has 0 aliphatic carbocycles. The lowest BCUT2D eigenvalue weighted by molar-refractivity contribution is -0.137. The molecule has 1 aromatic heterocycles. The number of rotatable bonds is 6. The van der Waals surface area contributed by atoms with Gasteiger partial charge in [0.2, 0.25) is 5.09 Å². The van der Waals surface area contributed by atoms with E-state index in [-0.39, 0.29) is 0 Å². The molecule has 0 bridgehead atoms. The first-order chi connectivity index (χ1) is 14.7. The second kappa shape index (κ2) is 8.26. The number of benzene rings is 2. The van der Waals surface area contributed by atoms with Crippen LogP contribution >= 0.6 is 7.60 Å². The molecule has 2 N–H and O–H groups in total. The SMILES string of the molecule is Cc1cc2cc(S(=O)(=O)NCP(=O)(O)Oc3ccc(C#N)c(C(F)(F)F)c3)oc2cc1C. The molecule has 32 heavy (non-hydrogen) atoms. The molecule has 0 aliphatic heterocycles. The van der Waals surface area contributed by atoms with Gasteiger partial charge in [0.05, 0.1) is 17.2 Å². The molecule has 8 nitrogen and oxygen atoms in total. The Morgan fingerprint density at radius 3 is 2.47 bits per heavy atom. The summed E-state index contributed by atoms with van der Waals surface area (Å²) in [6, 6.07) is 8.03. The van der Waals surface area contributed by atoms with Gasteiger partial charge in [-0.25, -0.2) is 13.0 Å². The number of sulfonamides is 1. The van der Waals surface area contributed by atoms with Gasteiger partial charge in [-0.2, -0.15) is 23.2 Å². The Balaban J connectivity index is 1.79. The Bertz CT molecular complexity index is 1350. The Labute approximate surface area is 180 Å². The molecule has 1 heterocycles. The lowest BCUT2D eigenvalue weighted by atomic mass is 10.1. The molecule has 2 aromatic carbocycles. The minimum absolute atomic E-state index is 0.300. The number of hydrogen-bond donors (Lipinski definition) is 2. The summed E-state index contributed by atoms with van der Waals surface area (Å²) in [5, 5.41) is 8.79. The van der Waals surface area contributed by atoms with Gasteiger partial charge in [0.15, 0.2) is 0 Å². The maximum absolute atomic E-state index is 13.0. The normalized spacial score (nSPS) is 14.2. The van der Waals surface area contributed by atoms with Crippen LogP contribution in [0.2, 0.25) is 0 Å². The Morgan fingerprint density at radius 2 is 1.84 bits per heavy atom. The Kier molecular flexibility index (Phi) is 6.14. The van der Waals surface area contributed by atoms with E-state index in [1.165, 1.54) is 12.1 Å². The van der Waals surface area contributed by atoms with Crippen molar-refractivity contribution in [2.75, 3.05) is 6.29 Å². The van der Waals surface area contributed by atoms with Gasteiger partial charge in [-0.15, -0.1) is 0 Å². The summed E-state index contributed by atoms with van der Waals surface area (Å²) in [4.78, 5) is 9.94. The summed E-state index contributed by atoms with van der Waals surface area (Å²) < 4.78 is 88.2. The van der Waals surface area contributed by atoms with Gasteiger partial charge in [0.25, 0.3) is 10.0 Å². The van der Waals surface area contributed by atoms with E-state index in [2.05, 4.69) is 0 Å². The predicted molar refractivity (Wildman–Crippen MR) is 107 cm³/mol. The molecule has 0 radical (unpaired) electrons. The number of furan rings is 1. The maximum atomic E-state index is 13.0. The minimum atomic E-state index is -4.90. The molecular weight excluding hydrogens is 472 g/mol. The molecule has 0 saturated carbocycles. The molecule has 170 valence electrons. The second-order valence-corrected chi connectivity index (χ2v) is 10.4. The zero-order valence-corrected chi connectivity index (χ0v) is 18.3. The Morgan fingerprint density at radius 1 is 1.19 bits per heavy atom. The molecule has 0 aliphatic rings. The predicted octanol–water partition coefficient (Wildman–Crippen LogP) is 4.44. The van der Waals surface area contributed by atoms with Crippen LogP contribution in [0.15, 0.2) is 45.9 Å². The van der Waals surface area contributed by atoms with Crippen molar-refractivity contribution in [3.63, 3.8) is 0 Å². The van der Waals surface area contributed by atoms with Crippen LogP contribution in [0.1, 0.15) is 22.3 Å². The highest BCUT2D eigenvalue weighted by Crippen LogP contribution is 2.43. The topological polar surface area (TPSA) is 130 Å².